The molecule has 1 unspecified atom stereocenters. The van der Waals surface area contributed by atoms with Gasteiger partial charge in [-0.05, 0) is 42.9 Å². The second-order valence-corrected chi connectivity index (χ2v) is 5.28. The lowest BCUT2D eigenvalue weighted by molar-refractivity contribution is -0.161. The highest BCUT2D eigenvalue weighted by Gasteiger charge is 2.35. The van der Waals surface area contributed by atoms with Crippen LogP contribution in [0.3, 0.4) is 0 Å². The molecule has 4 heteroatoms. The molecule has 1 aromatic carbocycles. The molecule has 0 amide bonds. The lowest BCUT2D eigenvalue weighted by Crippen LogP contribution is -2.40. The first-order valence-electron chi connectivity index (χ1n) is 6.46. The zero-order chi connectivity index (χ0) is 14.5. The molecule has 0 aromatic heterocycles. The lowest BCUT2D eigenvalue weighted by atomic mass is 9.87. The zero-order valence-corrected chi connectivity index (χ0v) is 11.7. The average Bonchev–Trinajstić information content (AvgIpc) is 2.36. The van der Waals surface area contributed by atoms with Crippen LogP contribution in [0.4, 0.5) is 0 Å². The number of carboxylic acids is 1. The van der Waals surface area contributed by atoms with Gasteiger partial charge in [0.1, 0.15) is 5.75 Å². The van der Waals surface area contributed by atoms with Crippen molar-refractivity contribution in [3.8, 4) is 5.75 Å². The predicted molar refractivity (Wildman–Crippen MR) is 73.4 cm³/mol. The molecule has 4 nitrogen and oxygen atoms in total. The summed E-state index contributed by atoms with van der Waals surface area (Å²) in [4.78, 5) is 11.2. The molecule has 106 valence electrons. The van der Waals surface area contributed by atoms with Crippen molar-refractivity contribution in [1.29, 1.82) is 0 Å². The van der Waals surface area contributed by atoms with Crippen molar-refractivity contribution in [2.45, 2.75) is 38.7 Å². The van der Waals surface area contributed by atoms with E-state index in [9.17, 15) is 15.0 Å². The van der Waals surface area contributed by atoms with Gasteiger partial charge in [0.15, 0.2) is 5.60 Å². The highest BCUT2D eigenvalue weighted by Crippen LogP contribution is 2.24. The number of aryl methyl sites for hydroxylation is 1. The van der Waals surface area contributed by atoms with Gasteiger partial charge in [-0.15, -0.1) is 0 Å². The summed E-state index contributed by atoms with van der Waals surface area (Å²) in [6.45, 7) is 3.81. The average molecular weight is 266 g/mol. The molecule has 0 heterocycles. The maximum atomic E-state index is 11.2. The fourth-order valence-corrected chi connectivity index (χ4v) is 2.12. The van der Waals surface area contributed by atoms with Crippen LogP contribution < -0.4 is 4.74 Å². The Balaban J connectivity index is 2.67. The van der Waals surface area contributed by atoms with E-state index in [1.54, 1.807) is 7.11 Å². The molecular weight excluding hydrogens is 244 g/mol. The van der Waals surface area contributed by atoms with Gasteiger partial charge in [0, 0.05) is 0 Å². The first-order chi connectivity index (χ1) is 8.87. The van der Waals surface area contributed by atoms with Gasteiger partial charge in [0.05, 0.1) is 7.11 Å². The van der Waals surface area contributed by atoms with Crippen molar-refractivity contribution >= 4 is 5.97 Å². The van der Waals surface area contributed by atoms with Gasteiger partial charge in [-0.25, -0.2) is 4.79 Å². The molecule has 1 aromatic rings. The van der Waals surface area contributed by atoms with Gasteiger partial charge in [0.2, 0.25) is 0 Å². The smallest absolute Gasteiger partial charge is 0.335 e. The van der Waals surface area contributed by atoms with E-state index >= 15 is 0 Å². The van der Waals surface area contributed by atoms with Crippen LogP contribution in [0.2, 0.25) is 0 Å². The molecule has 1 atom stereocenters. The molecule has 0 aliphatic carbocycles. The quantitative estimate of drug-likeness (QED) is 0.795. The number of benzene rings is 1. The van der Waals surface area contributed by atoms with Crippen LogP contribution in [0.1, 0.15) is 32.3 Å². The molecule has 0 aliphatic heterocycles. The Morgan fingerprint density at radius 3 is 2.32 bits per heavy atom. The maximum absolute atomic E-state index is 11.2. The van der Waals surface area contributed by atoms with Crippen molar-refractivity contribution in [2.24, 2.45) is 5.92 Å². The molecule has 0 saturated heterocycles. The number of aliphatic hydroxyl groups is 1. The summed E-state index contributed by atoms with van der Waals surface area (Å²) in [6, 6.07) is 7.43. The largest absolute Gasteiger partial charge is 0.497 e. The van der Waals surface area contributed by atoms with E-state index in [2.05, 4.69) is 0 Å². The number of methoxy groups -OCH3 is 1. The van der Waals surface area contributed by atoms with Crippen molar-refractivity contribution in [3.05, 3.63) is 29.8 Å². The highest BCUT2D eigenvalue weighted by molar-refractivity contribution is 5.77. The second-order valence-electron chi connectivity index (χ2n) is 5.28. The molecular formula is C15H22O4. The first-order valence-corrected chi connectivity index (χ1v) is 6.46. The Morgan fingerprint density at radius 1 is 1.32 bits per heavy atom. The summed E-state index contributed by atoms with van der Waals surface area (Å²) in [7, 11) is 1.60. The number of carbonyl (C=O) groups is 1. The van der Waals surface area contributed by atoms with E-state index in [0.717, 1.165) is 11.3 Å². The van der Waals surface area contributed by atoms with E-state index in [1.165, 1.54) is 0 Å². The minimum atomic E-state index is -1.64. The van der Waals surface area contributed by atoms with Crippen LogP contribution in [0.25, 0.3) is 0 Å². The van der Waals surface area contributed by atoms with Gasteiger partial charge in [-0.3, -0.25) is 0 Å². The van der Waals surface area contributed by atoms with Crippen LogP contribution in [0.15, 0.2) is 24.3 Å². The number of hydrogen-bond acceptors (Lipinski definition) is 3. The number of aliphatic carboxylic acids is 1. The minimum absolute atomic E-state index is 0.136. The first kappa shape index (κ1) is 15.5. The van der Waals surface area contributed by atoms with E-state index in [0.29, 0.717) is 6.42 Å². The minimum Gasteiger partial charge on any atom is -0.497 e. The summed E-state index contributed by atoms with van der Waals surface area (Å²) < 4.78 is 5.06. The summed E-state index contributed by atoms with van der Waals surface area (Å²) in [5, 5.41) is 19.4. The van der Waals surface area contributed by atoms with E-state index in [-0.39, 0.29) is 18.8 Å². The topological polar surface area (TPSA) is 66.8 Å². The van der Waals surface area contributed by atoms with Gasteiger partial charge in [-0.1, -0.05) is 26.0 Å². The number of rotatable bonds is 7. The Bertz CT molecular complexity index is 411. The SMILES string of the molecule is COc1ccc(CCC(O)(CC(C)C)C(=O)O)cc1. The molecule has 0 fully saturated rings. The van der Waals surface area contributed by atoms with Crippen LogP contribution in [-0.2, 0) is 11.2 Å². The third-order valence-corrected chi connectivity index (χ3v) is 3.13. The number of carboxylic acid groups (broad SMARTS) is 1. The lowest BCUT2D eigenvalue weighted by Gasteiger charge is -2.25. The summed E-state index contributed by atoms with van der Waals surface area (Å²) in [5.41, 5.74) is -0.655. The van der Waals surface area contributed by atoms with Crippen molar-refractivity contribution in [2.75, 3.05) is 7.11 Å². The predicted octanol–water partition coefficient (Wildman–Crippen LogP) is 2.49. The maximum Gasteiger partial charge on any atom is 0.335 e. The number of hydrogen-bond donors (Lipinski definition) is 2. The van der Waals surface area contributed by atoms with Crippen LogP contribution in [0.5, 0.6) is 5.75 Å². The van der Waals surface area contributed by atoms with Crippen LogP contribution in [-0.4, -0.2) is 28.9 Å². The molecule has 0 aliphatic rings. The Kier molecular flexibility index (Phi) is 5.36. The normalized spacial score (nSPS) is 14.2. The molecule has 0 bridgehead atoms. The monoisotopic (exact) mass is 266 g/mol. The fourth-order valence-electron chi connectivity index (χ4n) is 2.12. The van der Waals surface area contributed by atoms with E-state index in [4.69, 9.17) is 4.74 Å². The van der Waals surface area contributed by atoms with Gasteiger partial charge in [0.25, 0.3) is 0 Å². The Hall–Kier alpha value is -1.55. The molecule has 0 saturated carbocycles. The van der Waals surface area contributed by atoms with Gasteiger partial charge < -0.3 is 14.9 Å². The Morgan fingerprint density at radius 2 is 1.89 bits per heavy atom. The van der Waals surface area contributed by atoms with Crippen molar-refractivity contribution in [1.82, 2.24) is 0 Å². The Labute approximate surface area is 114 Å². The molecule has 1 rings (SSSR count). The second kappa shape index (κ2) is 6.57. The summed E-state index contributed by atoms with van der Waals surface area (Å²) >= 11 is 0. The zero-order valence-electron chi connectivity index (χ0n) is 11.7. The molecule has 0 spiro atoms. The van der Waals surface area contributed by atoms with E-state index < -0.39 is 11.6 Å². The van der Waals surface area contributed by atoms with E-state index in [1.807, 2.05) is 38.1 Å². The molecule has 19 heavy (non-hydrogen) atoms. The summed E-state index contributed by atoms with van der Waals surface area (Å²) in [6.07, 6.45) is 1.00. The van der Waals surface area contributed by atoms with Crippen LogP contribution in [0, 0.1) is 5.92 Å². The highest BCUT2D eigenvalue weighted by atomic mass is 16.5. The molecule has 0 radical (unpaired) electrons. The van der Waals surface area contributed by atoms with Crippen molar-refractivity contribution in [3.63, 3.8) is 0 Å². The standard InChI is InChI=1S/C15H22O4/c1-11(2)10-15(18,14(16)17)9-8-12-4-6-13(19-3)7-5-12/h4-7,11,18H,8-10H2,1-3H3,(H,16,17). The molecule has 2 N–H and O–H groups in total. The van der Waals surface area contributed by atoms with Crippen molar-refractivity contribution < 1.29 is 19.7 Å². The van der Waals surface area contributed by atoms with Gasteiger partial charge in [-0.2, -0.15) is 0 Å². The number of ether oxygens (including phenoxy) is 1. The fraction of sp³-hybridized carbons (Fsp3) is 0.533. The van der Waals surface area contributed by atoms with Crippen LogP contribution >= 0.6 is 0 Å². The third kappa shape index (κ3) is 4.56. The third-order valence-electron chi connectivity index (χ3n) is 3.13. The summed E-state index contributed by atoms with van der Waals surface area (Å²) in [5.74, 6) is -0.244. The van der Waals surface area contributed by atoms with Gasteiger partial charge >= 0.3 is 5.97 Å².